The van der Waals surface area contributed by atoms with Crippen molar-refractivity contribution in [2.75, 3.05) is 19.7 Å². The van der Waals surface area contributed by atoms with Gasteiger partial charge in [-0.1, -0.05) is 6.92 Å². The van der Waals surface area contributed by atoms with E-state index in [0.717, 1.165) is 25.9 Å². The van der Waals surface area contributed by atoms with Crippen molar-refractivity contribution in [2.45, 2.75) is 38.6 Å². The highest BCUT2D eigenvalue weighted by atomic mass is 16.3. The van der Waals surface area contributed by atoms with E-state index < -0.39 is 0 Å². The van der Waals surface area contributed by atoms with Crippen LogP contribution in [0, 0.1) is 5.92 Å². The second kappa shape index (κ2) is 6.80. The SMILES string of the molecule is CC[C@H](CO)NC(=O)CCC1CCNC1. The molecule has 1 aliphatic rings. The van der Waals surface area contributed by atoms with Crippen LogP contribution in [0.2, 0.25) is 0 Å². The topological polar surface area (TPSA) is 61.4 Å². The maximum Gasteiger partial charge on any atom is 0.220 e. The largest absolute Gasteiger partial charge is 0.394 e. The van der Waals surface area contributed by atoms with Crippen molar-refractivity contribution >= 4 is 5.91 Å². The highest BCUT2D eigenvalue weighted by Crippen LogP contribution is 2.13. The molecule has 4 nitrogen and oxygen atoms in total. The summed E-state index contributed by atoms with van der Waals surface area (Å²) in [7, 11) is 0. The van der Waals surface area contributed by atoms with E-state index in [1.54, 1.807) is 0 Å². The number of hydrogen-bond acceptors (Lipinski definition) is 3. The first-order chi connectivity index (χ1) is 7.26. The lowest BCUT2D eigenvalue weighted by Crippen LogP contribution is -2.37. The first-order valence-corrected chi connectivity index (χ1v) is 5.87. The summed E-state index contributed by atoms with van der Waals surface area (Å²) in [5, 5.41) is 15.0. The van der Waals surface area contributed by atoms with E-state index in [9.17, 15) is 4.79 Å². The standard InChI is InChI=1S/C11H22N2O2/c1-2-10(8-14)13-11(15)4-3-9-5-6-12-7-9/h9-10,12,14H,2-8H2,1H3,(H,13,15)/t9?,10-/m1/s1. The molecule has 1 amide bonds. The van der Waals surface area contributed by atoms with E-state index in [1.807, 2.05) is 6.92 Å². The lowest BCUT2D eigenvalue weighted by Gasteiger charge is -2.14. The molecule has 0 saturated carbocycles. The summed E-state index contributed by atoms with van der Waals surface area (Å²) in [6.07, 6.45) is 3.52. The third-order valence-corrected chi connectivity index (χ3v) is 3.02. The molecular formula is C11H22N2O2. The summed E-state index contributed by atoms with van der Waals surface area (Å²) in [6, 6.07) is -0.0702. The van der Waals surface area contributed by atoms with Crippen molar-refractivity contribution in [3.63, 3.8) is 0 Å². The minimum atomic E-state index is -0.0702. The van der Waals surface area contributed by atoms with Crippen LogP contribution >= 0.6 is 0 Å². The molecule has 4 heteroatoms. The molecular weight excluding hydrogens is 192 g/mol. The van der Waals surface area contributed by atoms with Gasteiger partial charge in [0, 0.05) is 6.42 Å². The van der Waals surface area contributed by atoms with Crippen molar-refractivity contribution < 1.29 is 9.90 Å². The normalized spacial score (nSPS) is 22.7. The molecule has 0 radical (unpaired) electrons. The lowest BCUT2D eigenvalue weighted by molar-refractivity contribution is -0.122. The highest BCUT2D eigenvalue weighted by molar-refractivity contribution is 5.76. The van der Waals surface area contributed by atoms with Crippen LogP contribution < -0.4 is 10.6 Å². The Hall–Kier alpha value is -0.610. The average Bonchev–Trinajstić information content (AvgIpc) is 2.75. The van der Waals surface area contributed by atoms with Gasteiger partial charge >= 0.3 is 0 Å². The number of hydrogen-bond donors (Lipinski definition) is 3. The minimum absolute atomic E-state index is 0.0349. The molecule has 1 unspecified atom stereocenters. The molecule has 1 rings (SSSR count). The summed E-state index contributed by atoms with van der Waals surface area (Å²) in [5.41, 5.74) is 0. The molecule has 3 N–H and O–H groups in total. The summed E-state index contributed by atoms with van der Waals surface area (Å²) < 4.78 is 0. The van der Waals surface area contributed by atoms with Gasteiger partial charge in [0.2, 0.25) is 5.91 Å². The van der Waals surface area contributed by atoms with Crippen LogP contribution in [0.1, 0.15) is 32.6 Å². The Morgan fingerprint density at radius 1 is 1.67 bits per heavy atom. The third-order valence-electron chi connectivity index (χ3n) is 3.02. The van der Waals surface area contributed by atoms with Gasteiger partial charge in [-0.05, 0) is 38.3 Å². The molecule has 88 valence electrons. The zero-order valence-corrected chi connectivity index (χ0v) is 9.46. The molecule has 1 aliphatic heterocycles. The van der Waals surface area contributed by atoms with Crippen molar-refractivity contribution in [2.24, 2.45) is 5.92 Å². The zero-order valence-electron chi connectivity index (χ0n) is 9.46. The van der Waals surface area contributed by atoms with Crippen molar-refractivity contribution in [1.82, 2.24) is 10.6 Å². The Kier molecular flexibility index (Phi) is 5.65. The predicted octanol–water partition coefficient (Wildman–Crippen LogP) is 0.263. The predicted molar refractivity (Wildman–Crippen MR) is 59.5 cm³/mol. The number of carbonyl (C=O) groups is 1. The quantitative estimate of drug-likeness (QED) is 0.594. The van der Waals surface area contributed by atoms with E-state index in [2.05, 4.69) is 10.6 Å². The van der Waals surface area contributed by atoms with Gasteiger partial charge in [-0.3, -0.25) is 4.79 Å². The number of aliphatic hydroxyl groups is 1. The van der Waals surface area contributed by atoms with Crippen LogP contribution in [0.25, 0.3) is 0 Å². The number of amides is 1. The van der Waals surface area contributed by atoms with E-state index in [1.165, 1.54) is 6.42 Å². The maximum atomic E-state index is 11.5. The molecule has 1 fully saturated rings. The van der Waals surface area contributed by atoms with Gasteiger partial charge < -0.3 is 15.7 Å². The Bertz CT molecular complexity index is 187. The fourth-order valence-electron chi connectivity index (χ4n) is 1.87. The third kappa shape index (κ3) is 4.62. The Balaban J connectivity index is 2.11. The average molecular weight is 214 g/mol. The monoisotopic (exact) mass is 214 g/mol. The van der Waals surface area contributed by atoms with E-state index in [-0.39, 0.29) is 18.6 Å². The molecule has 0 aromatic rings. The van der Waals surface area contributed by atoms with Crippen LogP contribution in [0.5, 0.6) is 0 Å². The van der Waals surface area contributed by atoms with Crippen LogP contribution in [0.3, 0.4) is 0 Å². The van der Waals surface area contributed by atoms with Gasteiger partial charge in [0.25, 0.3) is 0 Å². The maximum absolute atomic E-state index is 11.5. The molecule has 0 aromatic carbocycles. The second-order valence-electron chi connectivity index (χ2n) is 4.25. The van der Waals surface area contributed by atoms with Crippen LogP contribution in [0.15, 0.2) is 0 Å². The fourth-order valence-corrected chi connectivity index (χ4v) is 1.87. The molecule has 0 spiro atoms. The van der Waals surface area contributed by atoms with Gasteiger partial charge in [0.15, 0.2) is 0 Å². The summed E-state index contributed by atoms with van der Waals surface area (Å²) >= 11 is 0. The van der Waals surface area contributed by atoms with E-state index in [4.69, 9.17) is 5.11 Å². The molecule has 1 saturated heterocycles. The molecule has 0 aliphatic carbocycles. The van der Waals surface area contributed by atoms with Crippen molar-refractivity contribution in [3.8, 4) is 0 Å². The Labute approximate surface area is 91.4 Å². The van der Waals surface area contributed by atoms with E-state index in [0.29, 0.717) is 12.3 Å². The van der Waals surface area contributed by atoms with Gasteiger partial charge in [-0.25, -0.2) is 0 Å². The Morgan fingerprint density at radius 3 is 3.00 bits per heavy atom. The highest BCUT2D eigenvalue weighted by Gasteiger charge is 2.16. The summed E-state index contributed by atoms with van der Waals surface area (Å²) in [6.45, 7) is 4.13. The second-order valence-corrected chi connectivity index (χ2v) is 4.25. The van der Waals surface area contributed by atoms with Gasteiger partial charge in [-0.2, -0.15) is 0 Å². The molecule has 0 aromatic heterocycles. The van der Waals surface area contributed by atoms with Crippen LogP contribution in [0.4, 0.5) is 0 Å². The van der Waals surface area contributed by atoms with Crippen LogP contribution in [-0.4, -0.2) is 36.8 Å². The number of rotatable bonds is 6. The van der Waals surface area contributed by atoms with Crippen molar-refractivity contribution in [1.29, 1.82) is 0 Å². The minimum Gasteiger partial charge on any atom is -0.394 e. The van der Waals surface area contributed by atoms with Gasteiger partial charge in [0.05, 0.1) is 12.6 Å². The fraction of sp³-hybridized carbons (Fsp3) is 0.909. The molecule has 1 heterocycles. The molecule has 0 bridgehead atoms. The first kappa shape index (κ1) is 12.5. The van der Waals surface area contributed by atoms with Crippen LogP contribution in [-0.2, 0) is 4.79 Å². The van der Waals surface area contributed by atoms with Crippen molar-refractivity contribution in [3.05, 3.63) is 0 Å². The summed E-state index contributed by atoms with van der Waals surface area (Å²) in [5.74, 6) is 0.729. The first-order valence-electron chi connectivity index (χ1n) is 5.87. The number of nitrogens with one attached hydrogen (secondary N) is 2. The summed E-state index contributed by atoms with van der Waals surface area (Å²) in [4.78, 5) is 11.5. The van der Waals surface area contributed by atoms with Gasteiger partial charge in [0.1, 0.15) is 0 Å². The zero-order chi connectivity index (χ0) is 11.1. The number of carbonyl (C=O) groups excluding carboxylic acids is 1. The lowest BCUT2D eigenvalue weighted by atomic mass is 10.0. The molecule has 15 heavy (non-hydrogen) atoms. The smallest absolute Gasteiger partial charge is 0.220 e. The Morgan fingerprint density at radius 2 is 2.47 bits per heavy atom. The number of aliphatic hydroxyl groups excluding tert-OH is 1. The molecule has 2 atom stereocenters. The van der Waals surface area contributed by atoms with E-state index >= 15 is 0 Å². The van der Waals surface area contributed by atoms with Gasteiger partial charge in [-0.15, -0.1) is 0 Å².